The van der Waals surface area contributed by atoms with Crippen LogP contribution >= 0.6 is 0 Å². The Bertz CT molecular complexity index is 377. The summed E-state index contributed by atoms with van der Waals surface area (Å²) < 4.78 is 48.6. The van der Waals surface area contributed by atoms with Crippen molar-refractivity contribution in [2.75, 3.05) is 12.3 Å². The minimum Gasteiger partial charge on any atom is -0.396 e. The lowest BCUT2D eigenvalue weighted by Crippen LogP contribution is -2.16. The van der Waals surface area contributed by atoms with E-state index in [2.05, 4.69) is 5.32 Å². The predicted octanol–water partition coefficient (Wildman–Crippen LogP) is 3.23. The molecule has 3 N–H and O–H groups in total. The number of rotatable bonds is 6. The first-order valence-electron chi connectivity index (χ1n) is 5.70. The fraction of sp³-hybridized carbons (Fsp3) is 0.500. The van der Waals surface area contributed by atoms with Crippen molar-refractivity contribution in [1.29, 1.82) is 0 Å². The number of benzene rings is 1. The molecule has 1 rings (SSSR count). The van der Waals surface area contributed by atoms with E-state index in [4.69, 9.17) is 5.73 Å². The van der Waals surface area contributed by atoms with Gasteiger partial charge in [-0.2, -0.15) is 13.2 Å². The number of nitrogens with two attached hydrogens (primary N) is 1. The van der Waals surface area contributed by atoms with Gasteiger partial charge in [-0.05, 0) is 37.1 Å². The zero-order chi connectivity index (χ0) is 13.6. The Morgan fingerprint density at radius 2 is 1.89 bits per heavy atom. The molecule has 2 nitrogen and oxygen atoms in total. The van der Waals surface area contributed by atoms with Crippen molar-refractivity contribution in [2.24, 2.45) is 0 Å². The van der Waals surface area contributed by atoms with E-state index in [1.54, 1.807) is 6.07 Å². The molecule has 0 fully saturated rings. The maximum atomic E-state index is 13.1. The van der Waals surface area contributed by atoms with Gasteiger partial charge in [0.15, 0.2) is 0 Å². The number of halogens is 4. The lowest BCUT2D eigenvalue weighted by molar-refractivity contribution is -0.135. The zero-order valence-corrected chi connectivity index (χ0v) is 9.86. The van der Waals surface area contributed by atoms with Gasteiger partial charge in [0.05, 0.1) is 5.69 Å². The van der Waals surface area contributed by atoms with Gasteiger partial charge >= 0.3 is 6.18 Å². The largest absolute Gasteiger partial charge is 0.396 e. The smallest absolute Gasteiger partial charge is 0.389 e. The van der Waals surface area contributed by atoms with E-state index in [1.807, 2.05) is 0 Å². The van der Waals surface area contributed by atoms with Gasteiger partial charge in [-0.25, -0.2) is 4.39 Å². The van der Waals surface area contributed by atoms with Crippen molar-refractivity contribution in [1.82, 2.24) is 5.32 Å². The quantitative estimate of drug-likeness (QED) is 0.470. The Kier molecular flexibility index (Phi) is 5.40. The second-order valence-electron chi connectivity index (χ2n) is 4.10. The average Bonchev–Trinajstić information content (AvgIpc) is 2.26. The highest BCUT2D eigenvalue weighted by atomic mass is 19.4. The predicted molar refractivity (Wildman–Crippen MR) is 62.4 cm³/mol. The molecule has 0 saturated heterocycles. The second kappa shape index (κ2) is 6.58. The Hall–Kier alpha value is -1.30. The Balaban J connectivity index is 2.16. The molecule has 0 unspecified atom stereocenters. The molecule has 102 valence electrons. The van der Waals surface area contributed by atoms with E-state index in [-0.39, 0.29) is 12.1 Å². The van der Waals surface area contributed by atoms with Gasteiger partial charge in [0.1, 0.15) is 5.82 Å². The normalized spacial score (nSPS) is 11.8. The number of anilines is 1. The topological polar surface area (TPSA) is 38.0 Å². The first-order chi connectivity index (χ1) is 8.38. The first kappa shape index (κ1) is 14.8. The van der Waals surface area contributed by atoms with Crippen LogP contribution in [0.25, 0.3) is 0 Å². The van der Waals surface area contributed by atoms with Crippen LogP contribution in [0.3, 0.4) is 0 Å². The minimum absolute atomic E-state index is 0.0870. The van der Waals surface area contributed by atoms with Crippen molar-refractivity contribution >= 4 is 5.69 Å². The molecule has 0 amide bonds. The Morgan fingerprint density at radius 1 is 1.17 bits per heavy atom. The fourth-order valence-corrected chi connectivity index (χ4v) is 1.49. The minimum atomic E-state index is -4.08. The summed E-state index contributed by atoms with van der Waals surface area (Å²) in [6, 6.07) is 4.47. The molecule has 0 radical (unpaired) electrons. The summed E-state index contributed by atoms with van der Waals surface area (Å²) in [5.41, 5.74) is 6.13. The van der Waals surface area contributed by atoms with Crippen LogP contribution in [-0.2, 0) is 6.54 Å². The number of alkyl halides is 3. The Morgan fingerprint density at radius 3 is 2.50 bits per heavy atom. The van der Waals surface area contributed by atoms with Gasteiger partial charge in [0.2, 0.25) is 0 Å². The van der Waals surface area contributed by atoms with E-state index < -0.39 is 18.4 Å². The summed E-state index contributed by atoms with van der Waals surface area (Å²) in [6.45, 7) is 0.894. The molecule has 0 atom stereocenters. The van der Waals surface area contributed by atoms with E-state index >= 15 is 0 Å². The molecule has 0 saturated carbocycles. The number of hydrogen-bond donors (Lipinski definition) is 2. The Labute approximate surface area is 103 Å². The zero-order valence-electron chi connectivity index (χ0n) is 9.86. The van der Waals surface area contributed by atoms with Gasteiger partial charge < -0.3 is 11.1 Å². The molecule has 0 aliphatic heterocycles. The monoisotopic (exact) mass is 264 g/mol. The van der Waals surface area contributed by atoms with Crippen molar-refractivity contribution in [2.45, 2.75) is 32.0 Å². The standard InChI is InChI=1S/C12H16F4N2/c13-10-7-9(3-4-11(10)17)8-18-6-2-1-5-12(14,15)16/h3-4,7,18H,1-2,5-6,8,17H2. The highest BCUT2D eigenvalue weighted by Gasteiger charge is 2.25. The molecule has 1 aromatic carbocycles. The van der Waals surface area contributed by atoms with Crippen molar-refractivity contribution in [3.05, 3.63) is 29.6 Å². The fourth-order valence-electron chi connectivity index (χ4n) is 1.49. The summed E-state index contributed by atoms with van der Waals surface area (Å²) in [5.74, 6) is -0.480. The first-order valence-corrected chi connectivity index (χ1v) is 5.70. The summed E-state index contributed by atoms with van der Waals surface area (Å²) in [6.07, 6.45) is -4.30. The molecule has 0 spiro atoms. The third kappa shape index (κ3) is 5.86. The van der Waals surface area contributed by atoms with Crippen LogP contribution in [0.5, 0.6) is 0 Å². The van der Waals surface area contributed by atoms with E-state index in [1.165, 1.54) is 12.1 Å². The molecule has 6 heteroatoms. The lowest BCUT2D eigenvalue weighted by atomic mass is 10.2. The van der Waals surface area contributed by atoms with E-state index in [9.17, 15) is 17.6 Å². The van der Waals surface area contributed by atoms with E-state index in [0.717, 1.165) is 5.56 Å². The van der Waals surface area contributed by atoms with E-state index in [0.29, 0.717) is 19.5 Å². The van der Waals surface area contributed by atoms with Crippen molar-refractivity contribution in [3.63, 3.8) is 0 Å². The molecule has 1 aromatic rings. The lowest BCUT2D eigenvalue weighted by Gasteiger charge is -2.07. The number of unbranched alkanes of at least 4 members (excludes halogenated alkanes) is 1. The van der Waals surface area contributed by atoms with Gasteiger partial charge in [0, 0.05) is 13.0 Å². The van der Waals surface area contributed by atoms with Crippen LogP contribution in [0.1, 0.15) is 24.8 Å². The van der Waals surface area contributed by atoms with Crippen LogP contribution in [0, 0.1) is 5.82 Å². The molecule has 0 bridgehead atoms. The van der Waals surface area contributed by atoms with Crippen molar-refractivity contribution < 1.29 is 17.6 Å². The summed E-state index contributed by atoms with van der Waals surface area (Å²) in [5, 5.41) is 2.96. The van der Waals surface area contributed by atoms with Crippen LogP contribution in [0.2, 0.25) is 0 Å². The van der Waals surface area contributed by atoms with Gasteiger partial charge in [-0.15, -0.1) is 0 Å². The molecule has 0 aliphatic carbocycles. The van der Waals surface area contributed by atoms with Crippen LogP contribution in [0.15, 0.2) is 18.2 Å². The molecular formula is C12H16F4N2. The maximum absolute atomic E-state index is 13.1. The number of nitrogens with one attached hydrogen (secondary N) is 1. The van der Waals surface area contributed by atoms with Crippen molar-refractivity contribution in [3.8, 4) is 0 Å². The van der Waals surface area contributed by atoms with Gasteiger partial charge in [0.25, 0.3) is 0 Å². The highest BCUT2D eigenvalue weighted by Crippen LogP contribution is 2.21. The van der Waals surface area contributed by atoms with Crippen LogP contribution in [-0.4, -0.2) is 12.7 Å². The molecule has 18 heavy (non-hydrogen) atoms. The highest BCUT2D eigenvalue weighted by molar-refractivity contribution is 5.41. The second-order valence-corrected chi connectivity index (χ2v) is 4.10. The maximum Gasteiger partial charge on any atom is 0.389 e. The average molecular weight is 264 g/mol. The SMILES string of the molecule is Nc1ccc(CNCCCCC(F)(F)F)cc1F. The molecule has 0 aliphatic rings. The summed E-state index contributed by atoms with van der Waals surface area (Å²) >= 11 is 0. The van der Waals surface area contributed by atoms with Gasteiger partial charge in [-0.3, -0.25) is 0 Å². The summed E-state index contributed by atoms with van der Waals surface area (Å²) in [4.78, 5) is 0. The van der Waals surface area contributed by atoms with Crippen LogP contribution < -0.4 is 11.1 Å². The number of nitrogen functional groups attached to an aromatic ring is 1. The third-order valence-electron chi connectivity index (χ3n) is 2.46. The third-order valence-corrected chi connectivity index (χ3v) is 2.46. The van der Waals surface area contributed by atoms with Gasteiger partial charge in [-0.1, -0.05) is 6.07 Å². The molecule has 0 heterocycles. The van der Waals surface area contributed by atoms with Crippen LogP contribution in [0.4, 0.5) is 23.2 Å². The molecular weight excluding hydrogens is 248 g/mol. The molecule has 0 aromatic heterocycles. The summed E-state index contributed by atoms with van der Waals surface area (Å²) in [7, 11) is 0. The number of hydrogen-bond acceptors (Lipinski definition) is 2.